The summed E-state index contributed by atoms with van der Waals surface area (Å²) < 4.78 is 5.47. The first-order valence-corrected chi connectivity index (χ1v) is 7.85. The molecule has 3 unspecified atom stereocenters. The van der Waals surface area contributed by atoms with Gasteiger partial charge in [0.2, 0.25) is 0 Å². The lowest BCUT2D eigenvalue weighted by Crippen LogP contribution is -2.36. The summed E-state index contributed by atoms with van der Waals surface area (Å²) in [4.78, 5) is 11.5. The number of methoxy groups -OCH3 is 1. The van der Waals surface area contributed by atoms with Crippen LogP contribution in [0.3, 0.4) is 0 Å². The van der Waals surface area contributed by atoms with Gasteiger partial charge in [0.1, 0.15) is 0 Å². The van der Waals surface area contributed by atoms with Crippen LogP contribution in [0.15, 0.2) is 0 Å². The van der Waals surface area contributed by atoms with Crippen molar-refractivity contribution >= 4 is 5.97 Å². The van der Waals surface area contributed by atoms with E-state index in [1.165, 1.54) is 0 Å². The summed E-state index contributed by atoms with van der Waals surface area (Å²) in [5, 5.41) is 9.45. The van der Waals surface area contributed by atoms with Crippen LogP contribution >= 0.6 is 0 Å². The van der Waals surface area contributed by atoms with Crippen molar-refractivity contribution in [3.05, 3.63) is 0 Å². The van der Waals surface area contributed by atoms with E-state index in [2.05, 4.69) is 34.6 Å². The Morgan fingerprint density at radius 3 is 2.25 bits per heavy atom. The quantitative estimate of drug-likeness (QED) is 0.816. The zero-order chi connectivity index (χ0) is 15.6. The zero-order valence-electron chi connectivity index (χ0n) is 14.0. The molecule has 3 atom stereocenters. The number of ether oxygens (including phenoxy) is 1. The molecule has 0 heterocycles. The minimum Gasteiger partial charge on any atom is -0.481 e. The Balaban J connectivity index is 2.72. The van der Waals surface area contributed by atoms with E-state index < -0.39 is 5.97 Å². The summed E-state index contributed by atoms with van der Waals surface area (Å²) in [6.45, 7) is 11.0. The second kappa shape index (κ2) is 6.46. The van der Waals surface area contributed by atoms with Gasteiger partial charge in [-0.1, -0.05) is 20.8 Å². The second-order valence-corrected chi connectivity index (χ2v) is 8.08. The SMILES string of the molecule is COC(C)(C)CCC1CC(C(C)(C)C)CCC1C(=O)O. The minimum atomic E-state index is -0.613. The van der Waals surface area contributed by atoms with Gasteiger partial charge in [-0.05, 0) is 63.2 Å². The lowest BCUT2D eigenvalue weighted by Gasteiger charge is -2.41. The maximum atomic E-state index is 11.5. The van der Waals surface area contributed by atoms with Gasteiger partial charge in [0.25, 0.3) is 0 Å². The summed E-state index contributed by atoms with van der Waals surface area (Å²) in [7, 11) is 1.73. The van der Waals surface area contributed by atoms with Crippen molar-refractivity contribution in [2.75, 3.05) is 7.11 Å². The van der Waals surface area contributed by atoms with E-state index in [0.29, 0.717) is 11.8 Å². The first-order chi connectivity index (χ1) is 9.07. The van der Waals surface area contributed by atoms with E-state index in [4.69, 9.17) is 4.74 Å². The van der Waals surface area contributed by atoms with Crippen LogP contribution in [0.1, 0.15) is 66.7 Å². The van der Waals surface area contributed by atoms with E-state index in [1.54, 1.807) is 7.11 Å². The maximum Gasteiger partial charge on any atom is 0.306 e. The van der Waals surface area contributed by atoms with E-state index in [0.717, 1.165) is 32.1 Å². The Morgan fingerprint density at radius 1 is 1.20 bits per heavy atom. The maximum absolute atomic E-state index is 11.5. The average molecular weight is 284 g/mol. The first kappa shape index (κ1) is 17.5. The second-order valence-electron chi connectivity index (χ2n) is 8.08. The van der Waals surface area contributed by atoms with Gasteiger partial charge < -0.3 is 9.84 Å². The molecule has 0 spiro atoms. The van der Waals surface area contributed by atoms with E-state index in [9.17, 15) is 9.90 Å². The lowest BCUT2D eigenvalue weighted by molar-refractivity contribution is -0.146. The van der Waals surface area contributed by atoms with Crippen LogP contribution in [0.25, 0.3) is 0 Å². The van der Waals surface area contributed by atoms with Crippen LogP contribution < -0.4 is 0 Å². The Labute approximate surface area is 124 Å². The molecule has 20 heavy (non-hydrogen) atoms. The molecule has 0 aromatic carbocycles. The van der Waals surface area contributed by atoms with Crippen LogP contribution in [-0.4, -0.2) is 23.8 Å². The van der Waals surface area contributed by atoms with Gasteiger partial charge in [0.05, 0.1) is 11.5 Å². The zero-order valence-corrected chi connectivity index (χ0v) is 14.0. The molecule has 1 aliphatic carbocycles. The van der Waals surface area contributed by atoms with E-state index in [1.807, 2.05) is 0 Å². The summed E-state index contributed by atoms with van der Waals surface area (Å²) in [5.41, 5.74) is 0.121. The first-order valence-electron chi connectivity index (χ1n) is 7.85. The van der Waals surface area contributed by atoms with Crippen molar-refractivity contribution in [3.63, 3.8) is 0 Å². The highest BCUT2D eigenvalue weighted by Gasteiger charge is 2.39. The van der Waals surface area contributed by atoms with Gasteiger partial charge in [0.15, 0.2) is 0 Å². The fraction of sp³-hybridized carbons (Fsp3) is 0.941. The third kappa shape index (κ3) is 4.76. The van der Waals surface area contributed by atoms with Gasteiger partial charge in [-0.15, -0.1) is 0 Å². The molecule has 3 nitrogen and oxygen atoms in total. The Bertz CT molecular complexity index is 328. The Morgan fingerprint density at radius 2 is 1.80 bits per heavy atom. The number of aliphatic carboxylic acids is 1. The number of carboxylic acids is 1. The topological polar surface area (TPSA) is 46.5 Å². The largest absolute Gasteiger partial charge is 0.481 e. The Hall–Kier alpha value is -0.570. The predicted octanol–water partition coefficient (Wildman–Crippen LogP) is 4.35. The normalized spacial score (nSPS) is 28.4. The highest BCUT2D eigenvalue weighted by atomic mass is 16.5. The molecule has 1 N–H and O–H groups in total. The third-order valence-corrected chi connectivity index (χ3v) is 5.19. The van der Waals surface area contributed by atoms with Gasteiger partial charge in [-0.25, -0.2) is 0 Å². The molecular weight excluding hydrogens is 252 g/mol. The third-order valence-electron chi connectivity index (χ3n) is 5.19. The molecule has 0 aromatic heterocycles. The van der Waals surface area contributed by atoms with Crippen LogP contribution in [0.4, 0.5) is 0 Å². The van der Waals surface area contributed by atoms with E-state index >= 15 is 0 Å². The molecule has 0 saturated heterocycles. The number of rotatable bonds is 5. The molecule has 1 saturated carbocycles. The van der Waals surface area contributed by atoms with Crippen molar-refractivity contribution < 1.29 is 14.6 Å². The minimum absolute atomic E-state index is 0.155. The smallest absolute Gasteiger partial charge is 0.306 e. The monoisotopic (exact) mass is 284 g/mol. The van der Waals surface area contributed by atoms with Crippen molar-refractivity contribution in [1.82, 2.24) is 0 Å². The van der Waals surface area contributed by atoms with E-state index in [-0.39, 0.29) is 16.9 Å². The Kier molecular flexibility index (Phi) is 5.65. The standard InChI is InChI=1S/C17H32O3/c1-16(2,3)13-7-8-14(15(18)19)12(11-13)9-10-17(4,5)20-6/h12-14H,7-11H2,1-6H3,(H,18,19). The average Bonchev–Trinajstić information content (AvgIpc) is 2.35. The van der Waals surface area contributed by atoms with Crippen molar-refractivity contribution in [1.29, 1.82) is 0 Å². The predicted molar refractivity (Wildman–Crippen MR) is 81.7 cm³/mol. The molecule has 0 aromatic rings. The molecular formula is C17H32O3. The molecule has 3 heteroatoms. The molecule has 0 bridgehead atoms. The molecule has 1 fully saturated rings. The van der Waals surface area contributed by atoms with Gasteiger partial charge >= 0.3 is 5.97 Å². The summed E-state index contributed by atoms with van der Waals surface area (Å²) >= 11 is 0. The fourth-order valence-corrected chi connectivity index (χ4v) is 3.33. The summed E-state index contributed by atoms with van der Waals surface area (Å²) in [6, 6.07) is 0. The van der Waals surface area contributed by atoms with Crippen molar-refractivity contribution in [2.45, 2.75) is 72.3 Å². The van der Waals surface area contributed by atoms with Gasteiger partial charge in [-0.2, -0.15) is 0 Å². The van der Waals surface area contributed by atoms with Crippen LogP contribution in [0.5, 0.6) is 0 Å². The van der Waals surface area contributed by atoms with Crippen LogP contribution in [0.2, 0.25) is 0 Å². The van der Waals surface area contributed by atoms with Crippen molar-refractivity contribution in [3.8, 4) is 0 Å². The molecule has 0 amide bonds. The van der Waals surface area contributed by atoms with Crippen LogP contribution in [-0.2, 0) is 9.53 Å². The highest BCUT2D eigenvalue weighted by molar-refractivity contribution is 5.70. The molecule has 1 aliphatic rings. The van der Waals surface area contributed by atoms with Crippen molar-refractivity contribution in [2.24, 2.45) is 23.2 Å². The fourth-order valence-electron chi connectivity index (χ4n) is 3.33. The molecule has 118 valence electrons. The molecule has 0 aliphatic heterocycles. The van der Waals surface area contributed by atoms with Gasteiger partial charge in [-0.3, -0.25) is 4.79 Å². The number of hydrogen-bond donors (Lipinski definition) is 1. The molecule has 0 radical (unpaired) electrons. The summed E-state index contributed by atoms with van der Waals surface area (Å²) in [6.07, 6.45) is 4.79. The number of carbonyl (C=O) groups is 1. The molecule has 1 rings (SSSR count). The van der Waals surface area contributed by atoms with Crippen LogP contribution in [0, 0.1) is 23.2 Å². The summed E-state index contributed by atoms with van der Waals surface area (Å²) in [5.74, 6) is 0.146. The highest BCUT2D eigenvalue weighted by Crippen LogP contribution is 2.44. The number of carboxylic acid groups (broad SMARTS) is 1. The lowest BCUT2D eigenvalue weighted by atomic mass is 9.64. The van der Waals surface area contributed by atoms with Gasteiger partial charge in [0, 0.05) is 7.11 Å². The number of hydrogen-bond acceptors (Lipinski definition) is 2.